The van der Waals surface area contributed by atoms with Crippen LogP contribution in [0, 0.1) is 0 Å². The van der Waals surface area contributed by atoms with E-state index >= 15 is 0 Å². The SMILES string of the molecule is CCOC(=O)CN(C(C)C)C(C)C(=O)Nc1ccccc1. The van der Waals surface area contributed by atoms with Crippen LogP contribution in [0.5, 0.6) is 0 Å². The van der Waals surface area contributed by atoms with Crippen LogP contribution in [0.3, 0.4) is 0 Å². The number of esters is 1. The fraction of sp³-hybridized carbons (Fsp3) is 0.500. The quantitative estimate of drug-likeness (QED) is 0.783. The number of carbonyl (C=O) groups excluding carboxylic acids is 2. The minimum absolute atomic E-state index is 0.0610. The zero-order valence-electron chi connectivity index (χ0n) is 13.1. The Bertz CT molecular complexity index is 460. The van der Waals surface area contributed by atoms with Gasteiger partial charge in [0.25, 0.3) is 0 Å². The molecular weight excluding hydrogens is 268 g/mol. The molecule has 21 heavy (non-hydrogen) atoms. The summed E-state index contributed by atoms with van der Waals surface area (Å²) in [5, 5.41) is 2.85. The first-order valence-corrected chi connectivity index (χ1v) is 7.23. The summed E-state index contributed by atoms with van der Waals surface area (Å²) in [5.74, 6) is -0.454. The van der Waals surface area contributed by atoms with Gasteiger partial charge < -0.3 is 10.1 Å². The summed E-state index contributed by atoms with van der Waals surface area (Å²) in [6.45, 7) is 7.90. The number of nitrogens with zero attached hydrogens (tertiary/aromatic N) is 1. The van der Waals surface area contributed by atoms with Gasteiger partial charge in [0, 0.05) is 11.7 Å². The number of para-hydroxylation sites is 1. The maximum Gasteiger partial charge on any atom is 0.320 e. The van der Waals surface area contributed by atoms with Crippen molar-refractivity contribution in [3.05, 3.63) is 30.3 Å². The molecule has 0 aliphatic rings. The number of amides is 1. The van der Waals surface area contributed by atoms with E-state index in [0.717, 1.165) is 5.69 Å². The number of nitrogens with one attached hydrogen (secondary N) is 1. The number of hydrogen-bond acceptors (Lipinski definition) is 4. The minimum atomic E-state index is -0.422. The van der Waals surface area contributed by atoms with Gasteiger partial charge in [0.15, 0.2) is 0 Å². The molecule has 1 unspecified atom stereocenters. The summed E-state index contributed by atoms with van der Waals surface area (Å²) >= 11 is 0. The molecule has 0 spiro atoms. The van der Waals surface area contributed by atoms with Gasteiger partial charge in [0.2, 0.25) is 5.91 Å². The van der Waals surface area contributed by atoms with Crippen LogP contribution in [-0.2, 0) is 14.3 Å². The van der Waals surface area contributed by atoms with Crippen molar-refractivity contribution in [1.82, 2.24) is 4.90 Å². The van der Waals surface area contributed by atoms with Crippen LogP contribution in [-0.4, -0.2) is 42.0 Å². The molecule has 1 aromatic rings. The second-order valence-corrected chi connectivity index (χ2v) is 5.10. The molecule has 1 atom stereocenters. The summed E-state index contributed by atoms with van der Waals surface area (Å²) < 4.78 is 4.96. The topological polar surface area (TPSA) is 58.6 Å². The van der Waals surface area contributed by atoms with E-state index < -0.39 is 6.04 Å². The average Bonchev–Trinajstić information content (AvgIpc) is 2.45. The van der Waals surface area contributed by atoms with Crippen molar-refractivity contribution in [3.63, 3.8) is 0 Å². The van der Waals surface area contributed by atoms with Gasteiger partial charge in [-0.2, -0.15) is 0 Å². The third-order valence-corrected chi connectivity index (χ3v) is 3.20. The van der Waals surface area contributed by atoms with E-state index in [1.807, 2.05) is 49.1 Å². The number of hydrogen-bond donors (Lipinski definition) is 1. The monoisotopic (exact) mass is 292 g/mol. The van der Waals surface area contributed by atoms with Gasteiger partial charge >= 0.3 is 5.97 Å². The Hall–Kier alpha value is -1.88. The summed E-state index contributed by atoms with van der Waals surface area (Å²) in [6, 6.07) is 8.91. The van der Waals surface area contributed by atoms with Crippen LogP contribution in [0.25, 0.3) is 0 Å². The second kappa shape index (κ2) is 8.42. The molecule has 5 heteroatoms. The number of ether oxygens (including phenoxy) is 1. The number of rotatable bonds is 7. The first-order valence-electron chi connectivity index (χ1n) is 7.23. The summed E-state index contributed by atoms with van der Waals surface area (Å²) in [4.78, 5) is 25.8. The third kappa shape index (κ3) is 5.55. The van der Waals surface area contributed by atoms with Crippen LogP contribution in [0.15, 0.2) is 30.3 Å². The van der Waals surface area contributed by atoms with Crippen molar-refractivity contribution < 1.29 is 14.3 Å². The van der Waals surface area contributed by atoms with Crippen LogP contribution >= 0.6 is 0 Å². The standard InChI is InChI=1S/C16H24N2O3/c1-5-21-15(19)11-18(12(2)3)13(4)16(20)17-14-9-7-6-8-10-14/h6-10,12-13H,5,11H2,1-4H3,(H,17,20). The van der Waals surface area contributed by atoms with Crippen LogP contribution in [0.2, 0.25) is 0 Å². The number of carbonyl (C=O) groups is 2. The predicted molar refractivity (Wildman–Crippen MR) is 83.0 cm³/mol. The summed E-state index contributed by atoms with van der Waals surface area (Å²) in [6.07, 6.45) is 0. The molecule has 0 aliphatic heterocycles. The zero-order chi connectivity index (χ0) is 15.8. The van der Waals surface area contributed by atoms with Gasteiger partial charge in [-0.15, -0.1) is 0 Å². The van der Waals surface area contributed by atoms with E-state index in [1.165, 1.54) is 0 Å². The lowest BCUT2D eigenvalue weighted by Crippen LogP contribution is -2.48. The Morgan fingerprint density at radius 2 is 1.81 bits per heavy atom. The first-order chi connectivity index (χ1) is 9.95. The molecule has 116 valence electrons. The van der Waals surface area contributed by atoms with E-state index in [2.05, 4.69) is 5.32 Å². The molecule has 0 heterocycles. The normalized spacial score (nSPS) is 12.3. The summed E-state index contributed by atoms with van der Waals surface area (Å²) in [5.41, 5.74) is 0.745. The largest absolute Gasteiger partial charge is 0.465 e. The minimum Gasteiger partial charge on any atom is -0.465 e. The number of anilines is 1. The molecule has 1 N–H and O–H groups in total. The van der Waals surface area contributed by atoms with Crippen molar-refractivity contribution in [1.29, 1.82) is 0 Å². The van der Waals surface area contributed by atoms with E-state index in [0.29, 0.717) is 6.61 Å². The highest BCUT2D eigenvalue weighted by Gasteiger charge is 2.26. The molecule has 0 fully saturated rings. The van der Waals surface area contributed by atoms with E-state index in [9.17, 15) is 9.59 Å². The molecule has 0 aliphatic carbocycles. The van der Waals surface area contributed by atoms with Crippen molar-refractivity contribution in [3.8, 4) is 0 Å². The molecule has 5 nitrogen and oxygen atoms in total. The van der Waals surface area contributed by atoms with Crippen molar-refractivity contribution >= 4 is 17.6 Å². The Morgan fingerprint density at radius 1 is 1.19 bits per heavy atom. The molecule has 0 aromatic heterocycles. The van der Waals surface area contributed by atoms with E-state index in [4.69, 9.17) is 4.74 Å². The molecule has 0 saturated carbocycles. The predicted octanol–water partition coefficient (Wildman–Crippen LogP) is 2.29. The van der Waals surface area contributed by atoms with Crippen molar-refractivity contribution in [2.75, 3.05) is 18.5 Å². The fourth-order valence-corrected chi connectivity index (χ4v) is 2.04. The van der Waals surface area contributed by atoms with Crippen LogP contribution in [0.4, 0.5) is 5.69 Å². The van der Waals surface area contributed by atoms with Gasteiger partial charge in [-0.3, -0.25) is 14.5 Å². The Kier molecular flexibility index (Phi) is 6.88. The highest BCUT2D eigenvalue weighted by atomic mass is 16.5. The fourth-order valence-electron chi connectivity index (χ4n) is 2.04. The van der Waals surface area contributed by atoms with Crippen LogP contribution < -0.4 is 5.32 Å². The highest BCUT2D eigenvalue weighted by Crippen LogP contribution is 2.10. The molecule has 0 radical (unpaired) electrons. The molecule has 1 amide bonds. The van der Waals surface area contributed by atoms with Gasteiger partial charge in [0.1, 0.15) is 0 Å². The average molecular weight is 292 g/mol. The lowest BCUT2D eigenvalue weighted by molar-refractivity contribution is -0.146. The third-order valence-electron chi connectivity index (χ3n) is 3.20. The Labute approximate surface area is 126 Å². The first kappa shape index (κ1) is 17.2. The van der Waals surface area contributed by atoms with Crippen molar-refractivity contribution in [2.24, 2.45) is 0 Å². The van der Waals surface area contributed by atoms with Gasteiger partial charge in [-0.05, 0) is 39.8 Å². The Balaban J connectivity index is 2.69. The van der Waals surface area contributed by atoms with Gasteiger partial charge in [0.05, 0.1) is 19.2 Å². The maximum atomic E-state index is 12.3. The Morgan fingerprint density at radius 3 is 2.33 bits per heavy atom. The van der Waals surface area contributed by atoms with E-state index in [1.54, 1.807) is 13.8 Å². The number of benzene rings is 1. The second-order valence-electron chi connectivity index (χ2n) is 5.10. The van der Waals surface area contributed by atoms with Gasteiger partial charge in [-0.25, -0.2) is 0 Å². The molecule has 0 bridgehead atoms. The molecule has 1 aromatic carbocycles. The smallest absolute Gasteiger partial charge is 0.320 e. The summed E-state index contributed by atoms with van der Waals surface area (Å²) in [7, 11) is 0. The lowest BCUT2D eigenvalue weighted by Gasteiger charge is -2.30. The molecular formula is C16H24N2O3. The van der Waals surface area contributed by atoms with Crippen molar-refractivity contribution in [2.45, 2.75) is 39.8 Å². The lowest BCUT2D eigenvalue weighted by atomic mass is 10.2. The zero-order valence-corrected chi connectivity index (χ0v) is 13.1. The maximum absolute atomic E-state index is 12.3. The highest BCUT2D eigenvalue weighted by molar-refractivity contribution is 5.94. The molecule has 1 rings (SSSR count). The van der Waals surface area contributed by atoms with Crippen LogP contribution in [0.1, 0.15) is 27.7 Å². The van der Waals surface area contributed by atoms with Gasteiger partial charge in [-0.1, -0.05) is 18.2 Å². The molecule has 0 saturated heterocycles. The van der Waals surface area contributed by atoms with E-state index in [-0.39, 0.29) is 24.5 Å².